The Bertz CT molecular complexity index is 250. The molecule has 5 unspecified atom stereocenters. The van der Waals surface area contributed by atoms with E-state index in [4.69, 9.17) is 4.74 Å². The molecule has 2 nitrogen and oxygen atoms in total. The normalized spacial score (nSPS) is 38.1. The van der Waals surface area contributed by atoms with Crippen LogP contribution in [0.25, 0.3) is 0 Å². The van der Waals surface area contributed by atoms with Crippen LogP contribution in [0.3, 0.4) is 0 Å². The Hall–Kier alpha value is -0.0800. The Morgan fingerprint density at radius 3 is 2.58 bits per heavy atom. The molecule has 2 fully saturated rings. The molecule has 0 spiro atoms. The zero-order valence-corrected chi connectivity index (χ0v) is 13.2. The Morgan fingerprint density at radius 2 is 1.95 bits per heavy atom. The maximum atomic E-state index is 5.95. The summed E-state index contributed by atoms with van der Waals surface area (Å²) in [5.41, 5.74) is 0. The van der Waals surface area contributed by atoms with Crippen LogP contribution in [0.2, 0.25) is 0 Å². The topological polar surface area (TPSA) is 21.3 Å². The lowest BCUT2D eigenvalue weighted by Crippen LogP contribution is -2.42. The monoisotopic (exact) mass is 267 g/mol. The van der Waals surface area contributed by atoms with Crippen LogP contribution >= 0.6 is 0 Å². The molecule has 0 bridgehead atoms. The van der Waals surface area contributed by atoms with Gasteiger partial charge in [0.25, 0.3) is 0 Å². The van der Waals surface area contributed by atoms with Crippen LogP contribution < -0.4 is 5.32 Å². The Kier molecular flexibility index (Phi) is 6.15. The van der Waals surface area contributed by atoms with Crippen molar-refractivity contribution in [2.24, 2.45) is 17.8 Å². The fourth-order valence-corrected chi connectivity index (χ4v) is 3.94. The van der Waals surface area contributed by atoms with E-state index in [0.29, 0.717) is 12.1 Å². The van der Waals surface area contributed by atoms with Gasteiger partial charge in [0, 0.05) is 12.6 Å². The first-order valence-electron chi connectivity index (χ1n) is 8.55. The smallest absolute Gasteiger partial charge is 0.0590 e. The van der Waals surface area contributed by atoms with E-state index in [2.05, 4.69) is 26.1 Å². The van der Waals surface area contributed by atoms with E-state index in [0.717, 1.165) is 30.9 Å². The van der Waals surface area contributed by atoms with Crippen LogP contribution in [0.1, 0.15) is 65.7 Å². The number of ether oxygens (including phenoxy) is 1. The zero-order chi connectivity index (χ0) is 13.7. The Morgan fingerprint density at radius 1 is 1.11 bits per heavy atom. The molecule has 2 heteroatoms. The third-order valence-corrected chi connectivity index (χ3v) is 5.46. The minimum Gasteiger partial charge on any atom is -0.378 e. The van der Waals surface area contributed by atoms with E-state index in [1.54, 1.807) is 0 Å². The van der Waals surface area contributed by atoms with Gasteiger partial charge < -0.3 is 10.1 Å². The summed E-state index contributed by atoms with van der Waals surface area (Å²) in [7, 11) is 0. The van der Waals surface area contributed by atoms with Gasteiger partial charge in [-0.3, -0.25) is 0 Å². The van der Waals surface area contributed by atoms with Gasteiger partial charge in [-0.15, -0.1) is 0 Å². The lowest BCUT2D eigenvalue weighted by Gasteiger charge is -2.38. The van der Waals surface area contributed by atoms with Crippen LogP contribution in [-0.4, -0.2) is 25.3 Å². The summed E-state index contributed by atoms with van der Waals surface area (Å²) in [5, 5.41) is 3.76. The predicted molar refractivity (Wildman–Crippen MR) is 81.3 cm³/mol. The van der Waals surface area contributed by atoms with Crippen LogP contribution in [0.5, 0.6) is 0 Å². The van der Waals surface area contributed by atoms with Gasteiger partial charge in [0.1, 0.15) is 0 Å². The number of hydrogen-bond donors (Lipinski definition) is 1. The van der Waals surface area contributed by atoms with Crippen LogP contribution in [0, 0.1) is 17.8 Å². The molecule has 112 valence electrons. The SMILES string of the molecule is CCNC(CC1CCCCO1)C1CCC(C)C(C)C1. The lowest BCUT2D eigenvalue weighted by atomic mass is 9.72. The third-order valence-electron chi connectivity index (χ3n) is 5.46. The van der Waals surface area contributed by atoms with Gasteiger partial charge >= 0.3 is 0 Å². The summed E-state index contributed by atoms with van der Waals surface area (Å²) >= 11 is 0. The summed E-state index contributed by atoms with van der Waals surface area (Å²) in [6.45, 7) is 9.19. The highest BCUT2D eigenvalue weighted by atomic mass is 16.5. The minimum absolute atomic E-state index is 0.521. The van der Waals surface area contributed by atoms with Crippen LogP contribution in [0.15, 0.2) is 0 Å². The maximum absolute atomic E-state index is 5.95. The lowest BCUT2D eigenvalue weighted by molar-refractivity contribution is -0.00227. The Labute approximate surface area is 119 Å². The van der Waals surface area contributed by atoms with Crippen LogP contribution in [-0.2, 0) is 4.74 Å². The van der Waals surface area contributed by atoms with Crippen molar-refractivity contribution < 1.29 is 4.74 Å². The second-order valence-corrected chi connectivity index (χ2v) is 6.92. The van der Waals surface area contributed by atoms with Crippen molar-refractivity contribution in [1.29, 1.82) is 0 Å². The van der Waals surface area contributed by atoms with Gasteiger partial charge in [0.05, 0.1) is 6.10 Å². The number of nitrogens with one attached hydrogen (secondary N) is 1. The van der Waals surface area contributed by atoms with E-state index in [1.807, 2.05) is 0 Å². The van der Waals surface area contributed by atoms with Gasteiger partial charge in [-0.05, 0) is 62.8 Å². The molecule has 1 aliphatic heterocycles. The molecule has 1 saturated heterocycles. The molecule has 0 aromatic carbocycles. The molecular formula is C17H33NO. The second kappa shape index (κ2) is 7.64. The van der Waals surface area contributed by atoms with Crippen molar-refractivity contribution in [2.75, 3.05) is 13.2 Å². The molecule has 1 N–H and O–H groups in total. The Balaban J connectivity index is 1.87. The van der Waals surface area contributed by atoms with Crippen molar-refractivity contribution in [2.45, 2.75) is 77.9 Å². The first-order chi connectivity index (χ1) is 9.20. The summed E-state index contributed by atoms with van der Waals surface area (Å²) in [4.78, 5) is 0. The molecule has 1 saturated carbocycles. The second-order valence-electron chi connectivity index (χ2n) is 6.92. The largest absolute Gasteiger partial charge is 0.378 e. The highest BCUT2D eigenvalue weighted by Gasteiger charge is 2.31. The molecule has 0 amide bonds. The average Bonchev–Trinajstić information content (AvgIpc) is 2.43. The highest BCUT2D eigenvalue weighted by molar-refractivity contribution is 4.86. The predicted octanol–water partition coefficient (Wildman–Crippen LogP) is 4.00. The molecular weight excluding hydrogens is 234 g/mol. The third kappa shape index (κ3) is 4.46. The van der Waals surface area contributed by atoms with Gasteiger partial charge in [-0.1, -0.05) is 27.2 Å². The fraction of sp³-hybridized carbons (Fsp3) is 1.00. The van der Waals surface area contributed by atoms with E-state index in [9.17, 15) is 0 Å². The van der Waals surface area contributed by atoms with Gasteiger partial charge in [0.15, 0.2) is 0 Å². The van der Waals surface area contributed by atoms with E-state index < -0.39 is 0 Å². The molecule has 5 atom stereocenters. The molecule has 2 rings (SSSR count). The summed E-state index contributed by atoms with van der Waals surface area (Å²) < 4.78 is 5.95. The molecule has 0 aromatic heterocycles. The van der Waals surface area contributed by atoms with Crippen molar-refractivity contribution in [3.05, 3.63) is 0 Å². The van der Waals surface area contributed by atoms with Gasteiger partial charge in [0.2, 0.25) is 0 Å². The van der Waals surface area contributed by atoms with Crippen molar-refractivity contribution >= 4 is 0 Å². The number of hydrogen-bond acceptors (Lipinski definition) is 2. The van der Waals surface area contributed by atoms with Crippen molar-refractivity contribution in [3.63, 3.8) is 0 Å². The molecule has 19 heavy (non-hydrogen) atoms. The summed E-state index contributed by atoms with van der Waals surface area (Å²) in [6.07, 6.45) is 9.90. The van der Waals surface area contributed by atoms with Crippen molar-refractivity contribution in [3.8, 4) is 0 Å². The van der Waals surface area contributed by atoms with Gasteiger partial charge in [-0.25, -0.2) is 0 Å². The molecule has 0 radical (unpaired) electrons. The highest BCUT2D eigenvalue weighted by Crippen LogP contribution is 2.36. The summed E-state index contributed by atoms with van der Waals surface area (Å²) in [5.74, 6) is 2.69. The van der Waals surface area contributed by atoms with Gasteiger partial charge in [-0.2, -0.15) is 0 Å². The molecule has 0 aromatic rings. The first kappa shape index (κ1) is 15.3. The first-order valence-corrected chi connectivity index (χ1v) is 8.55. The van der Waals surface area contributed by atoms with E-state index in [-0.39, 0.29) is 0 Å². The summed E-state index contributed by atoms with van der Waals surface area (Å²) in [6, 6.07) is 0.683. The van der Waals surface area contributed by atoms with Crippen molar-refractivity contribution in [1.82, 2.24) is 5.32 Å². The average molecular weight is 267 g/mol. The maximum Gasteiger partial charge on any atom is 0.0590 e. The quantitative estimate of drug-likeness (QED) is 0.813. The molecule has 1 aliphatic carbocycles. The van der Waals surface area contributed by atoms with E-state index in [1.165, 1.54) is 44.9 Å². The standard InChI is InChI=1S/C17H33NO/c1-4-18-17(12-16-7-5-6-10-19-16)15-9-8-13(2)14(3)11-15/h13-18H,4-12H2,1-3H3. The molecule has 2 aliphatic rings. The van der Waals surface area contributed by atoms with E-state index >= 15 is 0 Å². The van der Waals surface area contributed by atoms with Crippen LogP contribution in [0.4, 0.5) is 0 Å². The molecule has 1 heterocycles. The zero-order valence-electron chi connectivity index (χ0n) is 13.2. The minimum atomic E-state index is 0.521. The fourth-order valence-electron chi connectivity index (χ4n) is 3.94. The number of rotatable bonds is 5.